The molecule has 19 heavy (non-hydrogen) atoms. The Bertz CT molecular complexity index is 523. The topological polar surface area (TPSA) is 30.5 Å². The van der Waals surface area contributed by atoms with E-state index < -0.39 is 0 Å². The third-order valence-electron chi connectivity index (χ3n) is 3.07. The second-order valence-electron chi connectivity index (χ2n) is 4.37. The molecule has 0 heterocycles. The van der Waals surface area contributed by atoms with Gasteiger partial charge in [0.05, 0.1) is 14.2 Å². The van der Waals surface area contributed by atoms with Crippen LogP contribution in [0.15, 0.2) is 48.5 Å². The van der Waals surface area contributed by atoms with Crippen LogP contribution < -0.4 is 14.8 Å². The molecule has 0 aliphatic rings. The van der Waals surface area contributed by atoms with E-state index >= 15 is 0 Å². The number of ether oxygens (including phenoxy) is 2. The van der Waals surface area contributed by atoms with Gasteiger partial charge in [-0.3, -0.25) is 0 Å². The van der Waals surface area contributed by atoms with E-state index in [1.54, 1.807) is 14.2 Å². The van der Waals surface area contributed by atoms with Gasteiger partial charge in [0.25, 0.3) is 0 Å². The highest BCUT2D eigenvalue weighted by molar-refractivity contribution is 5.48. The zero-order chi connectivity index (χ0) is 13.7. The molecule has 0 aliphatic heterocycles. The lowest BCUT2D eigenvalue weighted by Crippen LogP contribution is -2.06. The Hall–Kier alpha value is -2.16. The van der Waals surface area contributed by atoms with Crippen molar-refractivity contribution < 1.29 is 9.47 Å². The first-order valence-corrected chi connectivity index (χ1v) is 6.27. The van der Waals surface area contributed by atoms with E-state index in [1.807, 2.05) is 42.5 Å². The van der Waals surface area contributed by atoms with Crippen molar-refractivity contribution in [1.82, 2.24) is 0 Å². The van der Waals surface area contributed by atoms with Crippen LogP contribution in [0.5, 0.6) is 11.5 Å². The molecule has 3 heteroatoms. The molecule has 0 fully saturated rings. The summed E-state index contributed by atoms with van der Waals surface area (Å²) in [5, 5.41) is 3.45. The van der Waals surface area contributed by atoms with Gasteiger partial charge in [-0.1, -0.05) is 12.1 Å². The van der Waals surface area contributed by atoms with Crippen molar-refractivity contribution in [1.29, 1.82) is 0 Å². The van der Waals surface area contributed by atoms with E-state index in [4.69, 9.17) is 9.47 Å². The first-order valence-electron chi connectivity index (χ1n) is 6.27. The van der Waals surface area contributed by atoms with E-state index in [-0.39, 0.29) is 6.04 Å². The second-order valence-corrected chi connectivity index (χ2v) is 4.37. The van der Waals surface area contributed by atoms with Gasteiger partial charge in [-0.25, -0.2) is 0 Å². The molecule has 1 N–H and O–H groups in total. The van der Waals surface area contributed by atoms with Gasteiger partial charge >= 0.3 is 0 Å². The number of hydrogen-bond acceptors (Lipinski definition) is 3. The van der Waals surface area contributed by atoms with Crippen LogP contribution in [0.25, 0.3) is 0 Å². The average Bonchev–Trinajstić information content (AvgIpc) is 2.48. The van der Waals surface area contributed by atoms with Crippen molar-refractivity contribution in [2.24, 2.45) is 0 Å². The lowest BCUT2D eigenvalue weighted by atomic mass is 10.1. The summed E-state index contributed by atoms with van der Waals surface area (Å²) in [5.41, 5.74) is 2.26. The Morgan fingerprint density at radius 1 is 0.895 bits per heavy atom. The largest absolute Gasteiger partial charge is 0.497 e. The van der Waals surface area contributed by atoms with Crippen LogP contribution in [-0.4, -0.2) is 14.2 Å². The molecular weight excluding hydrogens is 238 g/mol. The zero-order valence-electron chi connectivity index (χ0n) is 11.5. The maximum atomic E-state index is 5.24. The van der Waals surface area contributed by atoms with Gasteiger partial charge in [0.15, 0.2) is 0 Å². The third kappa shape index (κ3) is 3.41. The van der Waals surface area contributed by atoms with Crippen molar-refractivity contribution >= 4 is 5.69 Å². The van der Waals surface area contributed by atoms with Crippen LogP contribution in [0.2, 0.25) is 0 Å². The molecule has 0 saturated carbocycles. The van der Waals surface area contributed by atoms with Crippen molar-refractivity contribution in [3.05, 3.63) is 54.1 Å². The second kappa shape index (κ2) is 6.14. The van der Waals surface area contributed by atoms with Crippen LogP contribution >= 0.6 is 0 Å². The van der Waals surface area contributed by atoms with Gasteiger partial charge in [-0.2, -0.15) is 0 Å². The molecule has 3 nitrogen and oxygen atoms in total. The fourth-order valence-corrected chi connectivity index (χ4v) is 1.93. The fraction of sp³-hybridized carbons (Fsp3) is 0.250. The van der Waals surface area contributed by atoms with E-state index in [9.17, 15) is 0 Å². The SMILES string of the molecule is COc1ccc(NC(C)c2cccc(OC)c2)cc1. The molecule has 2 rings (SSSR count). The number of nitrogens with one attached hydrogen (secondary N) is 1. The van der Waals surface area contributed by atoms with Gasteiger partial charge in [0.1, 0.15) is 11.5 Å². The highest BCUT2D eigenvalue weighted by Gasteiger charge is 2.06. The number of benzene rings is 2. The van der Waals surface area contributed by atoms with E-state index in [0.29, 0.717) is 0 Å². The third-order valence-corrected chi connectivity index (χ3v) is 3.07. The van der Waals surface area contributed by atoms with Crippen LogP contribution in [0.1, 0.15) is 18.5 Å². The summed E-state index contributed by atoms with van der Waals surface area (Å²) in [4.78, 5) is 0. The van der Waals surface area contributed by atoms with Gasteiger partial charge in [-0.05, 0) is 48.9 Å². The molecule has 1 atom stereocenters. The van der Waals surface area contributed by atoms with Crippen LogP contribution in [0, 0.1) is 0 Å². The molecule has 2 aromatic rings. The highest BCUT2D eigenvalue weighted by Crippen LogP contribution is 2.23. The summed E-state index contributed by atoms with van der Waals surface area (Å²) in [6, 6.07) is 16.2. The Morgan fingerprint density at radius 3 is 2.21 bits per heavy atom. The quantitative estimate of drug-likeness (QED) is 0.881. The van der Waals surface area contributed by atoms with E-state index in [1.165, 1.54) is 5.56 Å². The number of hydrogen-bond donors (Lipinski definition) is 1. The van der Waals surface area contributed by atoms with E-state index in [2.05, 4.69) is 18.3 Å². The number of rotatable bonds is 5. The monoisotopic (exact) mass is 257 g/mol. The first-order chi connectivity index (χ1) is 9.22. The Balaban J connectivity index is 2.08. The lowest BCUT2D eigenvalue weighted by Gasteiger charge is -2.16. The standard InChI is InChI=1S/C16H19NO2/c1-12(13-5-4-6-16(11-13)19-3)17-14-7-9-15(18-2)10-8-14/h4-12,17H,1-3H3. The molecule has 0 amide bonds. The minimum atomic E-state index is 0.212. The minimum Gasteiger partial charge on any atom is -0.497 e. The average molecular weight is 257 g/mol. The lowest BCUT2D eigenvalue weighted by molar-refractivity contribution is 0.414. The predicted molar refractivity (Wildman–Crippen MR) is 78.0 cm³/mol. The molecule has 0 aliphatic carbocycles. The van der Waals surface area contributed by atoms with Crippen molar-refractivity contribution in [2.75, 3.05) is 19.5 Å². The number of methoxy groups -OCH3 is 2. The van der Waals surface area contributed by atoms with Crippen LogP contribution in [0.4, 0.5) is 5.69 Å². The van der Waals surface area contributed by atoms with Gasteiger partial charge in [0, 0.05) is 11.7 Å². The molecule has 0 radical (unpaired) electrons. The summed E-state index contributed by atoms with van der Waals surface area (Å²) < 4.78 is 10.4. The fourth-order valence-electron chi connectivity index (χ4n) is 1.93. The van der Waals surface area contributed by atoms with Crippen LogP contribution in [-0.2, 0) is 0 Å². The molecule has 2 aromatic carbocycles. The first kappa shape index (κ1) is 13.3. The Kier molecular flexibility index (Phi) is 4.29. The van der Waals surface area contributed by atoms with Crippen molar-refractivity contribution in [3.63, 3.8) is 0 Å². The minimum absolute atomic E-state index is 0.212. The summed E-state index contributed by atoms with van der Waals surface area (Å²) >= 11 is 0. The predicted octanol–water partition coefficient (Wildman–Crippen LogP) is 3.88. The van der Waals surface area contributed by atoms with E-state index in [0.717, 1.165) is 17.2 Å². The summed E-state index contributed by atoms with van der Waals surface area (Å²) in [7, 11) is 3.35. The van der Waals surface area contributed by atoms with Gasteiger partial charge in [0.2, 0.25) is 0 Å². The summed E-state index contributed by atoms with van der Waals surface area (Å²) in [6.07, 6.45) is 0. The van der Waals surface area contributed by atoms with Crippen molar-refractivity contribution in [3.8, 4) is 11.5 Å². The molecule has 0 spiro atoms. The smallest absolute Gasteiger partial charge is 0.119 e. The van der Waals surface area contributed by atoms with Gasteiger partial charge in [-0.15, -0.1) is 0 Å². The molecule has 0 aromatic heterocycles. The Labute approximate surface area is 114 Å². The zero-order valence-corrected chi connectivity index (χ0v) is 11.5. The maximum Gasteiger partial charge on any atom is 0.119 e. The molecule has 0 saturated heterocycles. The normalized spacial score (nSPS) is 11.7. The maximum absolute atomic E-state index is 5.24. The molecule has 0 bridgehead atoms. The molecular formula is C16H19NO2. The Morgan fingerprint density at radius 2 is 1.58 bits per heavy atom. The van der Waals surface area contributed by atoms with Crippen molar-refractivity contribution in [2.45, 2.75) is 13.0 Å². The molecule has 100 valence electrons. The summed E-state index contributed by atoms with van der Waals surface area (Å²) in [5.74, 6) is 1.74. The number of anilines is 1. The van der Waals surface area contributed by atoms with Gasteiger partial charge < -0.3 is 14.8 Å². The van der Waals surface area contributed by atoms with Crippen LogP contribution in [0.3, 0.4) is 0 Å². The highest BCUT2D eigenvalue weighted by atomic mass is 16.5. The summed E-state index contributed by atoms with van der Waals surface area (Å²) in [6.45, 7) is 2.12. The molecule has 1 unspecified atom stereocenters.